The molecule has 2 rings (SSSR count). The number of aliphatic hydroxyl groups is 1. The van der Waals surface area contributed by atoms with Crippen LogP contribution in [-0.4, -0.2) is 25.2 Å². The normalized spacial score (nSPS) is 21.4. The standard InChI is InChI=1S/C8H12O4P.C5H5.Fe/c1-11-13(10,12-2)8(9)7-5-3-4-6-7;1-2-4-5-3-1;/h3-6,8-9H,1-2H3;1-5H;/q;;+2. The van der Waals surface area contributed by atoms with E-state index in [9.17, 15) is 9.67 Å². The summed E-state index contributed by atoms with van der Waals surface area (Å²) in [7, 11) is -0.912. The monoisotopic (exact) mass is 324 g/mol. The molecule has 1 atom stereocenters. The zero-order chi connectivity index (χ0) is 13.4. The summed E-state index contributed by atoms with van der Waals surface area (Å²) >= 11 is 0. The van der Waals surface area contributed by atoms with Crippen molar-refractivity contribution in [1.29, 1.82) is 0 Å². The van der Waals surface area contributed by atoms with E-state index >= 15 is 0 Å². The molecule has 0 spiro atoms. The number of hydrogen-bond donors (Lipinski definition) is 1. The van der Waals surface area contributed by atoms with E-state index in [0.717, 1.165) is 0 Å². The average Bonchev–Trinajstić information content (AvgIpc) is 3.10. The van der Waals surface area contributed by atoms with Crippen molar-refractivity contribution in [2.45, 2.75) is 5.85 Å². The molecule has 0 aromatic rings. The van der Waals surface area contributed by atoms with Crippen LogP contribution >= 0.6 is 7.60 Å². The van der Waals surface area contributed by atoms with Crippen molar-refractivity contribution in [3.8, 4) is 0 Å². The largest absolute Gasteiger partial charge is 2.00 e. The van der Waals surface area contributed by atoms with Crippen molar-refractivity contribution >= 4 is 7.60 Å². The fourth-order valence-electron chi connectivity index (χ4n) is 1.34. The Balaban J connectivity index is 0.000000454. The quantitative estimate of drug-likeness (QED) is 0.636. The summed E-state index contributed by atoms with van der Waals surface area (Å²) in [5, 5.41) is 9.62. The summed E-state index contributed by atoms with van der Waals surface area (Å²) < 4.78 is 21.0. The Morgan fingerprint density at radius 2 is 1.32 bits per heavy atom. The molecule has 19 heavy (non-hydrogen) atoms. The maximum atomic E-state index is 11.7. The zero-order valence-electron chi connectivity index (χ0n) is 10.7. The first-order valence-corrected chi connectivity index (χ1v) is 7.03. The van der Waals surface area contributed by atoms with Crippen LogP contribution in [0.3, 0.4) is 0 Å². The molecule has 0 heterocycles. The first kappa shape index (κ1) is 19.6. The van der Waals surface area contributed by atoms with Gasteiger partial charge in [-0.15, -0.1) is 0 Å². The van der Waals surface area contributed by atoms with E-state index in [1.54, 1.807) is 25.7 Å². The predicted octanol–water partition coefficient (Wildman–Crippen LogP) is 2.21. The molecule has 2 fully saturated rings. The molecular weight excluding hydrogens is 307 g/mol. The second-order valence-corrected chi connectivity index (χ2v) is 5.76. The van der Waals surface area contributed by atoms with Crippen molar-refractivity contribution < 1.29 is 35.8 Å². The summed E-state index contributed by atoms with van der Waals surface area (Å²) in [6, 6.07) is 0. The van der Waals surface area contributed by atoms with Gasteiger partial charge in [-0.05, 0) is 57.8 Å². The van der Waals surface area contributed by atoms with E-state index in [-0.39, 0.29) is 17.1 Å². The minimum absolute atomic E-state index is 0. The molecule has 1 N–H and O–H groups in total. The van der Waals surface area contributed by atoms with E-state index in [1.807, 2.05) is 32.1 Å². The summed E-state index contributed by atoms with van der Waals surface area (Å²) in [5.41, 5.74) is 0. The molecule has 2 aliphatic rings. The Hall–Kier alpha value is 0.629. The van der Waals surface area contributed by atoms with Gasteiger partial charge in [0, 0.05) is 20.1 Å². The fraction of sp³-hybridized carbons (Fsp3) is 0.231. The van der Waals surface area contributed by atoms with Crippen LogP contribution in [0.2, 0.25) is 0 Å². The molecule has 0 saturated heterocycles. The number of rotatable bonds is 4. The summed E-state index contributed by atoms with van der Waals surface area (Å²) in [4.78, 5) is 0. The van der Waals surface area contributed by atoms with Crippen molar-refractivity contribution in [3.05, 3.63) is 63.7 Å². The molecule has 0 aromatic carbocycles. The minimum atomic E-state index is -3.41. The van der Waals surface area contributed by atoms with Crippen LogP contribution in [0.1, 0.15) is 0 Å². The second kappa shape index (κ2) is 10.4. The topological polar surface area (TPSA) is 55.8 Å². The third kappa shape index (κ3) is 6.29. The van der Waals surface area contributed by atoms with Gasteiger partial charge in [0.05, 0.1) is 0 Å². The first-order chi connectivity index (χ1) is 8.64. The molecule has 0 bridgehead atoms. The first-order valence-electron chi connectivity index (χ1n) is 5.41. The molecule has 6 heteroatoms. The molecule has 2 aliphatic carbocycles. The molecule has 0 aromatic heterocycles. The Morgan fingerprint density at radius 1 is 0.947 bits per heavy atom. The molecule has 104 valence electrons. The van der Waals surface area contributed by atoms with Crippen LogP contribution in [0.25, 0.3) is 0 Å². The SMILES string of the molecule is COP(=O)(OC)C(O)[C]1[CH][CH][CH][CH]1.[CH]1[CH][CH][CH][CH]1.[Fe+2]. The van der Waals surface area contributed by atoms with Crippen molar-refractivity contribution in [3.63, 3.8) is 0 Å². The van der Waals surface area contributed by atoms with Gasteiger partial charge in [0.25, 0.3) is 0 Å². The third-order valence-corrected chi connectivity index (χ3v) is 4.27. The molecular formula is C13H17FeO4P+2. The summed E-state index contributed by atoms with van der Waals surface area (Å²) in [6.07, 6.45) is 16.8. The Labute approximate surface area is 127 Å². The molecule has 0 aliphatic heterocycles. The third-order valence-electron chi connectivity index (χ3n) is 2.35. The van der Waals surface area contributed by atoms with Gasteiger partial charge in [0.15, 0.2) is 5.85 Å². The minimum Gasteiger partial charge on any atom is -0.380 e. The number of hydrogen-bond acceptors (Lipinski definition) is 4. The molecule has 2 saturated carbocycles. The van der Waals surface area contributed by atoms with Crippen LogP contribution < -0.4 is 0 Å². The Kier molecular flexibility index (Phi) is 10.7. The molecule has 4 nitrogen and oxygen atoms in total. The van der Waals surface area contributed by atoms with E-state index in [2.05, 4.69) is 9.05 Å². The summed E-state index contributed by atoms with van der Waals surface area (Å²) in [5.74, 6) is -0.676. The van der Waals surface area contributed by atoms with Gasteiger partial charge in [-0.1, -0.05) is 0 Å². The van der Waals surface area contributed by atoms with Crippen molar-refractivity contribution in [2.24, 2.45) is 0 Å². The average molecular weight is 324 g/mol. The summed E-state index contributed by atoms with van der Waals surface area (Å²) in [6.45, 7) is 0. The predicted molar refractivity (Wildman–Crippen MR) is 69.6 cm³/mol. The maximum absolute atomic E-state index is 11.7. The van der Waals surface area contributed by atoms with Gasteiger partial charge in [0.2, 0.25) is 0 Å². The van der Waals surface area contributed by atoms with E-state index in [1.165, 1.54) is 14.2 Å². The van der Waals surface area contributed by atoms with Crippen LogP contribution in [0, 0.1) is 63.7 Å². The van der Waals surface area contributed by atoms with Crippen LogP contribution in [0.5, 0.6) is 0 Å². The zero-order valence-corrected chi connectivity index (χ0v) is 12.7. The van der Waals surface area contributed by atoms with Crippen LogP contribution in [-0.2, 0) is 30.7 Å². The number of aliphatic hydroxyl groups excluding tert-OH is 1. The van der Waals surface area contributed by atoms with Crippen LogP contribution in [0.4, 0.5) is 0 Å². The van der Waals surface area contributed by atoms with E-state index < -0.39 is 13.4 Å². The molecule has 0 amide bonds. The molecule has 10 radical (unpaired) electrons. The van der Waals surface area contributed by atoms with E-state index in [4.69, 9.17) is 0 Å². The fourth-order valence-corrected chi connectivity index (χ4v) is 2.42. The van der Waals surface area contributed by atoms with E-state index in [0.29, 0.717) is 5.92 Å². The Morgan fingerprint density at radius 3 is 1.63 bits per heavy atom. The van der Waals surface area contributed by atoms with Crippen LogP contribution in [0.15, 0.2) is 0 Å². The Bertz CT molecular complexity index is 250. The van der Waals surface area contributed by atoms with Crippen molar-refractivity contribution in [2.75, 3.05) is 14.2 Å². The maximum Gasteiger partial charge on any atom is 2.00 e. The van der Waals surface area contributed by atoms with Gasteiger partial charge in [-0.3, -0.25) is 4.57 Å². The van der Waals surface area contributed by atoms with Crippen molar-refractivity contribution in [1.82, 2.24) is 0 Å². The van der Waals surface area contributed by atoms with Gasteiger partial charge in [-0.25, -0.2) is 0 Å². The van der Waals surface area contributed by atoms with Gasteiger partial charge >= 0.3 is 24.7 Å². The van der Waals surface area contributed by atoms with Gasteiger partial charge in [-0.2, -0.15) is 0 Å². The molecule has 1 unspecified atom stereocenters. The smallest absolute Gasteiger partial charge is 0.380 e. The van der Waals surface area contributed by atoms with Gasteiger partial charge in [0.1, 0.15) is 0 Å². The van der Waals surface area contributed by atoms with Gasteiger partial charge < -0.3 is 14.2 Å². The second-order valence-electron chi connectivity index (χ2n) is 3.46.